The molecule has 0 aromatic carbocycles. The highest BCUT2D eigenvalue weighted by atomic mass is 16.4. The first-order valence-electron chi connectivity index (χ1n) is 12.4. The molecule has 2 nitrogen and oxygen atoms in total. The van der Waals surface area contributed by atoms with Crippen LogP contribution in [0.1, 0.15) is 142 Å². The highest BCUT2D eigenvalue weighted by molar-refractivity contribution is 5.75. The van der Waals surface area contributed by atoms with E-state index in [1.807, 2.05) is 0 Å². The molecule has 0 aromatic heterocycles. The van der Waals surface area contributed by atoms with E-state index in [-0.39, 0.29) is 0 Å². The highest BCUT2D eigenvalue weighted by Crippen LogP contribution is 2.47. The number of rotatable bonds is 17. The second kappa shape index (κ2) is 15.4. The van der Waals surface area contributed by atoms with Gasteiger partial charge < -0.3 is 5.11 Å². The number of carboxylic acids is 1. The predicted octanol–water partition coefficient (Wildman–Crippen LogP) is 8.53. The smallest absolute Gasteiger partial charge is 0.309 e. The third-order valence-corrected chi connectivity index (χ3v) is 7.02. The van der Waals surface area contributed by atoms with Gasteiger partial charge in [-0.05, 0) is 31.6 Å². The summed E-state index contributed by atoms with van der Waals surface area (Å²) < 4.78 is 0. The number of hydrogen-bond donors (Lipinski definition) is 1. The molecule has 27 heavy (non-hydrogen) atoms. The Morgan fingerprint density at radius 3 is 1.85 bits per heavy atom. The van der Waals surface area contributed by atoms with Crippen LogP contribution in [0.4, 0.5) is 0 Å². The lowest BCUT2D eigenvalue weighted by Gasteiger charge is -2.41. The zero-order valence-electron chi connectivity index (χ0n) is 18.6. The van der Waals surface area contributed by atoms with Gasteiger partial charge in [-0.2, -0.15) is 0 Å². The van der Waals surface area contributed by atoms with Crippen LogP contribution in [-0.4, -0.2) is 11.1 Å². The molecule has 0 aliphatic heterocycles. The van der Waals surface area contributed by atoms with Gasteiger partial charge in [-0.3, -0.25) is 4.79 Å². The van der Waals surface area contributed by atoms with Crippen molar-refractivity contribution in [2.75, 3.05) is 0 Å². The van der Waals surface area contributed by atoms with Gasteiger partial charge in [0.1, 0.15) is 0 Å². The molecule has 0 radical (unpaired) electrons. The van der Waals surface area contributed by atoms with E-state index in [9.17, 15) is 9.90 Å². The minimum Gasteiger partial charge on any atom is -0.481 e. The standard InChI is InChI=1S/C25H48O2/c1-3-5-7-9-11-13-15-19-23-20-16-18-22-25(23,24(26)27)21-17-14-12-10-8-6-4-2/h23H,3-22H2,1-2H3,(H,26,27). The maximum Gasteiger partial charge on any atom is 0.309 e. The minimum absolute atomic E-state index is 0.399. The SMILES string of the molecule is CCCCCCCCCC1CCCCC1(CCCCCCCCC)C(=O)O. The summed E-state index contributed by atoms with van der Waals surface area (Å²) in [4.78, 5) is 12.3. The topological polar surface area (TPSA) is 37.3 Å². The Morgan fingerprint density at radius 2 is 1.30 bits per heavy atom. The van der Waals surface area contributed by atoms with Crippen molar-refractivity contribution in [2.45, 2.75) is 142 Å². The Labute approximate surface area is 169 Å². The fraction of sp³-hybridized carbons (Fsp3) is 0.960. The third-order valence-electron chi connectivity index (χ3n) is 7.02. The number of unbranched alkanes of at least 4 members (excludes halogenated alkanes) is 12. The van der Waals surface area contributed by atoms with E-state index in [1.54, 1.807) is 0 Å². The summed E-state index contributed by atoms with van der Waals surface area (Å²) in [5.74, 6) is -0.0550. The van der Waals surface area contributed by atoms with Crippen LogP contribution in [0.2, 0.25) is 0 Å². The van der Waals surface area contributed by atoms with Gasteiger partial charge in [-0.15, -0.1) is 0 Å². The molecule has 1 saturated carbocycles. The summed E-state index contributed by atoms with van der Waals surface area (Å²) in [7, 11) is 0. The zero-order valence-corrected chi connectivity index (χ0v) is 18.6. The lowest BCUT2D eigenvalue weighted by Crippen LogP contribution is -2.41. The Hall–Kier alpha value is -0.530. The van der Waals surface area contributed by atoms with E-state index in [0.29, 0.717) is 5.92 Å². The molecule has 1 N–H and O–H groups in total. The molecule has 1 aliphatic rings. The monoisotopic (exact) mass is 380 g/mol. The average molecular weight is 381 g/mol. The van der Waals surface area contributed by atoms with Crippen LogP contribution in [0.15, 0.2) is 0 Å². The van der Waals surface area contributed by atoms with Gasteiger partial charge in [-0.1, -0.05) is 117 Å². The molecule has 2 atom stereocenters. The van der Waals surface area contributed by atoms with Gasteiger partial charge in [-0.25, -0.2) is 0 Å². The molecule has 0 heterocycles. The van der Waals surface area contributed by atoms with Crippen molar-refractivity contribution in [1.29, 1.82) is 0 Å². The molecule has 0 spiro atoms. The minimum atomic E-state index is -0.485. The van der Waals surface area contributed by atoms with Crippen LogP contribution in [0, 0.1) is 11.3 Å². The second-order valence-electron chi connectivity index (χ2n) is 9.19. The van der Waals surface area contributed by atoms with Crippen molar-refractivity contribution in [3.63, 3.8) is 0 Å². The number of carbonyl (C=O) groups is 1. The lowest BCUT2D eigenvalue weighted by molar-refractivity contribution is -0.156. The molecular formula is C25H48O2. The summed E-state index contributed by atoms with van der Waals surface area (Å²) in [5, 5.41) is 10.1. The van der Waals surface area contributed by atoms with Crippen molar-refractivity contribution in [3.05, 3.63) is 0 Å². The van der Waals surface area contributed by atoms with Crippen LogP contribution in [0.5, 0.6) is 0 Å². The van der Waals surface area contributed by atoms with E-state index in [2.05, 4.69) is 13.8 Å². The van der Waals surface area contributed by atoms with Crippen LogP contribution in [0.3, 0.4) is 0 Å². The highest BCUT2D eigenvalue weighted by Gasteiger charge is 2.45. The van der Waals surface area contributed by atoms with Crippen LogP contribution in [0.25, 0.3) is 0 Å². The summed E-state index contributed by atoms with van der Waals surface area (Å²) in [6, 6.07) is 0. The first-order valence-corrected chi connectivity index (χ1v) is 12.4. The Bertz CT molecular complexity index is 365. The number of hydrogen-bond acceptors (Lipinski definition) is 1. The molecule has 0 aromatic rings. The fourth-order valence-corrected chi connectivity index (χ4v) is 5.20. The predicted molar refractivity (Wildman–Crippen MR) is 117 cm³/mol. The Kier molecular flexibility index (Phi) is 14.0. The molecule has 2 unspecified atom stereocenters. The van der Waals surface area contributed by atoms with Gasteiger partial charge in [0.05, 0.1) is 5.41 Å². The number of carboxylic acid groups (broad SMARTS) is 1. The molecule has 1 fully saturated rings. The van der Waals surface area contributed by atoms with Gasteiger partial charge in [0.15, 0.2) is 0 Å². The van der Waals surface area contributed by atoms with Gasteiger partial charge >= 0.3 is 5.97 Å². The van der Waals surface area contributed by atoms with E-state index in [0.717, 1.165) is 38.5 Å². The molecular weight excluding hydrogens is 332 g/mol. The summed E-state index contributed by atoms with van der Waals surface area (Å²) in [6.07, 6.45) is 24.8. The van der Waals surface area contributed by atoms with E-state index in [1.165, 1.54) is 89.9 Å². The molecule has 1 rings (SSSR count). The van der Waals surface area contributed by atoms with Crippen molar-refractivity contribution in [1.82, 2.24) is 0 Å². The number of aliphatic carboxylic acids is 1. The first-order chi connectivity index (χ1) is 13.2. The zero-order chi connectivity index (χ0) is 19.8. The molecule has 160 valence electrons. The van der Waals surface area contributed by atoms with Crippen molar-refractivity contribution in [2.24, 2.45) is 11.3 Å². The average Bonchev–Trinajstić information content (AvgIpc) is 2.67. The lowest BCUT2D eigenvalue weighted by atomic mass is 9.62. The Morgan fingerprint density at radius 1 is 0.778 bits per heavy atom. The summed E-state index contributed by atoms with van der Waals surface area (Å²) >= 11 is 0. The van der Waals surface area contributed by atoms with E-state index in [4.69, 9.17) is 0 Å². The molecule has 2 heteroatoms. The van der Waals surface area contributed by atoms with E-state index >= 15 is 0 Å². The van der Waals surface area contributed by atoms with Gasteiger partial charge in [0, 0.05) is 0 Å². The van der Waals surface area contributed by atoms with Gasteiger partial charge in [0.2, 0.25) is 0 Å². The fourth-order valence-electron chi connectivity index (χ4n) is 5.20. The maximum atomic E-state index is 12.3. The molecule has 0 amide bonds. The van der Waals surface area contributed by atoms with Crippen LogP contribution in [-0.2, 0) is 4.79 Å². The van der Waals surface area contributed by atoms with Crippen molar-refractivity contribution in [3.8, 4) is 0 Å². The second-order valence-corrected chi connectivity index (χ2v) is 9.19. The molecule has 0 saturated heterocycles. The van der Waals surface area contributed by atoms with Crippen LogP contribution >= 0.6 is 0 Å². The molecule has 0 bridgehead atoms. The van der Waals surface area contributed by atoms with E-state index < -0.39 is 11.4 Å². The first kappa shape index (κ1) is 24.5. The van der Waals surface area contributed by atoms with Crippen molar-refractivity contribution < 1.29 is 9.90 Å². The quantitative estimate of drug-likeness (QED) is 0.257. The van der Waals surface area contributed by atoms with Crippen molar-refractivity contribution >= 4 is 5.97 Å². The molecule has 1 aliphatic carbocycles. The van der Waals surface area contributed by atoms with Crippen LogP contribution < -0.4 is 0 Å². The summed E-state index contributed by atoms with van der Waals surface area (Å²) in [5.41, 5.74) is -0.399. The normalized spacial score (nSPS) is 22.8. The Balaban J connectivity index is 2.37. The third kappa shape index (κ3) is 9.48. The maximum absolute atomic E-state index is 12.3. The van der Waals surface area contributed by atoms with Gasteiger partial charge in [0.25, 0.3) is 0 Å². The summed E-state index contributed by atoms with van der Waals surface area (Å²) in [6.45, 7) is 4.52. The largest absolute Gasteiger partial charge is 0.481 e.